The van der Waals surface area contributed by atoms with Gasteiger partial charge in [0.1, 0.15) is 7.05 Å². The Hall–Kier alpha value is -2.49. The van der Waals surface area contributed by atoms with Gasteiger partial charge in [0.05, 0.1) is 13.1 Å². The first-order valence-corrected chi connectivity index (χ1v) is 9.17. The highest BCUT2D eigenvalue weighted by Crippen LogP contribution is 2.25. The van der Waals surface area contributed by atoms with Crippen LogP contribution in [0.5, 0.6) is 0 Å². The van der Waals surface area contributed by atoms with E-state index in [4.69, 9.17) is 0 Å². The van der Waals surface area contributed by atoms with Crippen LogP contribution in [0.1, 0.15) is 33.6 Å². The van der Waals surface area contributed by atoms with Crippen molar-refractivity contribution in [3.63, 3.8) is 0 Å². The maximum atomic E-state index is 2.33. The lowest BCUT2D eigenvalue weighted by Crippen LogP contribution is -2.49. The molecule has 136 valence electrons. The minimum atomic E-state index is 1.18. The van der Waals surface area contributed by atoms with Crippen molar-refractivity contribution in [3.05, 3.63) is 58.0 Å². The second-order valence-electron chi connectivity index (χ2n) is 7.56. The molecular formula is C22H31N4+3. The van der Waals surface area contributed by atoms with Crippen molar-refractivity contribution in [1.82, 2.24) is 4.68 Å². The second-order valence-corrected chi connectivity index (χ2v) is 7.56. The number of nitrogens with zero attached hydrogens (tertiary/aromatic N) is 4. The van der Waals surface area contributed by atoms with E-state index >= 15 is 0 Å². The summed E-state index contributed by atoms with van der Waals surface area (Å²) in [4.78, 5) is 0. The lowest BCUT2D eigenvalue weighted by Gasteiger charge is -2.13. The minimum Gasteiger partial charge on any atom is -0.219 e. The minimum absolute atomic E-state index is 1.18. The maximum absolute atomic E-state index is 2.33. The molecular weight excluding hydrogens is 320 g/mol. The molecule has 0 aromatic carbocycles. The fraction of sp³-hybridized carbons (Fsp3) is 0.409. The molecule has 0 aliphatic carbocycles. The quantitative estimate of drug-likeness (QED) is 0.631. The molecule has 4 heteroatoms. The van der Waals surface area contributed by atoms with E-state index in [0.717, 1.165) is 0 Å². The molecule has 3 rings (SSSR count). The van der Waals surface area contributed by atoms with Crippen molar-refractivity contribution in [2.45, 2.75) is 41.5 Å². The summed E-state index contributed by atoms with van der Waals surface area (Å²) in [6.45, 7) is 13.2. The van der Waals surface area contributed by atoms with Crippen LogP contribution < -0.4 is 13.8 Å². The predicted molar refractivity (Wildman–Crippen MR) is 103 cm³/mol. The van der Waals surface area contributed by atoms with Gasteiger partial charge in [-0.15, -0.1) is 0 Å². The molecule has 0 saturated heterocycles. The van der Waals surface area contributed by atoms with Crippen LogP contribution in [0.3, 0.4) is 0 Å². The first-order valence-electron chi connectivity index (χ1n) is 9.17. The number of hydrogen-bond donors (Lipinski definition) is 0. The number of rotatable bonds is 2. The Labute approximate surface area is 157 Å². The van der Waals surface area contributed by atoms with Gasteiger partial charge in [-0.3, -0.25) is 0 Å². The summed E-state index contributed by atoms with van der Waals surface area (Å²) < 4.78 is 9.07. The molecule has 4 nitrogen and oxygen atoms in total. The highest BCUT2D eigenvalue weighted by molar-refractivity contribution is 5.60. The van der Waals surface area contributed by atoms with Gasteiger partial charge < -0.3 is 0 Å². The number of pyridine rings is 2. The molecule has 3 aromatic rings. The van der Waals surface area contributed by atoms with Crippen LogP contribution in [0, 0.1) is 41.5 Å². The summed E-state index contributed by atoms with van der Waals surface area (Å²) in [7, 11) is 6.43. The Morgan fingerprint density at radius 3 is 1.96 bits per heavy atom. The van der Waals surface area contributed by atoms with E-state index in [1.165, 1.54) is 50.8 Å². The number of aromatic nitrogens is 4. The van der Waals surface area contributed by atoms with E-state index in [9.17, 15) is 0 Å². The smallest absolute Gasteiger partial charge is 0.219 e. The third kappa shape index (κ3) is 2.64. The topological polar surface area (TPSA) is 16.6 Å². The van der Waals surface area contributed by atoms with Crippen LogP contribution in [0.2, 0.25) is 0 Å². The summed E-state index contributed by atoms with van der Waals surface area (Å²) >= 11 is 0. The van der Waals surface area contributed by atoms with E-state index in [1.54, 1.807) is 0 Å². The lowest BCUT2D eigenvalue weighted by atomic mass is 10.00. The molecule has 3 heterocycles. The Bertz CT molecular complexity index is 1030. The average Bonchev–Trinajstić information content (AvgIpc) is 2.83. The van der Waals surface area contributed by atoms with Crippen LogP contribution in [-0.2, 0) is 21.1 Å². The van der Waals surface area contributed by atoms with Crippen LogP contribution in [0.25, 0.3) is 17.2 Å². The molecule has 0 amide bonds. The largest absolute Gasteiger partial charge is 0.343 e. The van der Waals surface area contributed by atoms with Gasteiger partial charge in [-0.05, 0) is 43.5 Å². The summed E-state index contributed by atoms with van der Waals surface area (Å²) in [5.74, 6) is 1.18. The van der Waals surface area contributed by atoms with E-state index < -0.39 is 0 Å². The highest BCUT2D eigenvalue weighted by atomic mass is 15.4. The van der Waals surface area contributed by atoms with Gasteiger partial charge in [0.15, 0.2) is 18.9 Å². The molecule has 26 heavy (non-hydrogen) atoms. The first kappa shape index (κ1) is 18.3. The molecule has 0 aliphatic rings. The Morgan fingerprint density at radius 2 is 1.38 bits per heavy atom. The molecule has 0 saturated carbocycles. The fourth-order valence-corrected chi connectivity index (χ4v) is 3.90. The zero-order chi connectivity index (χ0) is 19.3. The number of hydrogen-bond acceptors (Lipinski definition) is 0. The molecule has 0 radical (unpaired) electrons. The molecule has 0 atom stereocenters. The lowest BCUT2D eigenvalue weighted by molar-refractivity contribution is -0.769. The Morgan fingerprint density at radius 1 is 0.769 bits per heavy atom. The molecule has 0 aliphatic heterocycles. The van der Waals surface area contributed by atoms with Gasteiger partial charge in [-0.2, -0.15) is 4.57 Å². The number of aryl methyl sites for hydroxylation is 5. The molecule has 0 unspecified atom stereocenters. The third-order valence-electron chi connectivity index (χ3n) is 5.82. The summed E-state index contributed by atoms with van der Waals surface area (Å²) in [6.07, 6.45) is 2.16. The zero-order valence-corrected chi connectivity index (χ0v) is 17.6. The van der Waals surface area contributed by atoms with E-state index in [-0.39, 0.29) is 0 Å². The Kier molecular flexibility index (Phi) is 4.47. The van der Waals surface area contributed by atoms with Crippen LogP contribution in [0.15, 0.2) is 24.4 Å². The van der Waals surface area contributed by atoms with E-state index in [1.807, 2.05) is 0 Å². The molecule has 3 aromatic heterocycles. The van der Waals surface area contributed by atoms with Gasteiger partial charge in [-0.25, -0.2) is 4.57 Å². The third-order valence-corrected chi connectivity index (χ3v) is 5.82. The van der Waals surface area contributed by atoms with E-state index in [2.05, 4.69) is 106 Å². The van der Waals surface area contributed by atoms with Gasteiger partial charge in [0.2, 0.25) is 11.4 Å². The summed E-state index contributed by atoms with van der Waals surface area (Å²) in [5, 5.41) is 0. The average molecular weight is 352 g/mol. The zero-order valence-electron chi connectivity index (χ0n) is 17.6. The standard InChI is InChI=1S/C22H31N4/c1-14-10-11-23(7)21(18(14)5)22-19(6)15(2)12-20(24(22)8)26-17(4)13-16(3)25(26)9/h10-13H,1-9H3/q+3. The predicted octanol–water partition coefficient (Wildman–Crippen LogP) is 2.47. The maximum Gasteiger partial charge on any atom is 0.343 e. The van der Waals surface area contributed by atoms with Crippen LogP contribution in [0.4, 0.5) is 0 Å². The second kappa shape index (κ2) is 6.35. The van der Waals surface area contributed by atoms with Gasteiger partial charge in [0, 0.05) is 41.8 Å². The fourth-order valence-electron chi connectivity index (χ4n) is 3.90. The first-order chi connectivity index (χ1) is 12.1. The van der Waals surface area contributed by atoms with Gasteiger partial charge in [0.25, 0.3) is 5.69 Å². The monoisotopic (exact) mass is 351 g/mol. The van der Waals surface area contributed by atoms with Crippen molar-refractivity contribution in [2.24, 2.45) is 21.1 Å². The van der Waals surface area contributed by atoms with Crippen molar-refractivity contribution in [2.75, 3.05) is 0 Å². The summed E-state index contributed by atoms with van der Waals surface area (Å²) in [5.41, 5.74) is 10.3. The normalized spacial score (nSPS) is 11.3. The molecule has 0 spiro atoms. The molecule has 0 N–H and O–H groups in total. The molecule has 0 bridgehead atoms. The molecule has 0 fully saturated rings. The van der Waals surface area contributed by atoms with E-state index in [0.29, 0.717) is 0 Å². The van der Waals surface area contributed by atoms with Crippen LogP contribution in [-0.4, -0.2) is 4.68 Å². The van der Waals surface area contributed by atoms with Crippen molar-refractivity contribution in [3.8, 4) is 17.2 Å². The van der Waals surface area contributed by atoms with Crippen LogP contribution >= 0.6 is 0 Å². The van der Waals surface area contributed by atoms with Gasteiger partial charge in [-0.1, -0.05) is 0 Å². The summed E-state index contributed by atoms with van der Waals surface area (Å²) in [6, 6.07) is 6.70. The SMILES string of the molecule is Cc1cc[n+](C)c(-c2c(C)c(C)cc(-n3c(C)cc(C)[n+]3C)[n+]2C)c1C. The van der Waals surface area contributed by atoms with Gasteiger partial charge >= 0.3 is 5.82 Å². The van der Waals surface area contributed by atoms with Crippen molar-refractivity contribution < 1.29 is 13.8 Å². The van der Waals surface area contributed by atoms with Crippen molar-refractivity contribution in [1.29, 1.82) is 0 Å². The van der Waals surface area contributed by atoms with Crippen molar-refractivity contribution >= 4 is 0 Å². The Balaban J connectivity index is 2.43. The highest BCUT2D eigenvalue weighted by Gasteiger charge is 2.31.